The van der Waals surface area contributed by atoms with Crippen molar-refractivity contribution < 1.29 is 4.79 Å². The fourth-order valence-corrected chi connectivity index (χ4v) is 3.37. The van der Waals surface area contributed by atoms with Gasteiger partial charge in [0.25, 0.3) is 5.91 Å². The molecule has 1 aliphatic rings. The molecular weight excluding hydrogens is 296 g/mol. The van der Waals surface area contributed by atoms with Gasteiger partial charge in [-0.3, -0.25) is 4.79 Å². The van der Waals surface area contributed by atoms with Crippen molar-refractivity contribution >= 4 is 11.6 Å². The summed E-state index contributed by atoms with van der Waals surface area (Å²) in [6.45, 7) is 11.8. The van der Waals surface area contributed by atoms with Gasteiger partial charge in [-0.15, -0.1) is 0 Å². The number of rotatable bonds is 2. The first-order chi connectivity index (χ1) is 11.5. The molecule has 0 aromatic heterocycles. The van der Waals surface area contributed by atoms with Crippen LogP contribution in [0.2, 0.25) is 0 Å². The number of piperazine rings is 1. The molecule has 1 amide bonds. The van der Waals surface area contributed by atoms with Crippen molar-refractivity contribution in [2.45, 2.75) is 27.7 Å². The molecule has 0 atom stereocenters. The largest absolute Gasteiger partial charge is 0.368 e. The molecule has 0 spiro atoms. The van der Waals surface area contributed by atoms with Gasteiger partial charge >= 0.3 is 0 Å². The number of benzene rings is 2. The molecule has 1 saturated heterocycles. The highest BCUT2D eigenvalue weighted by atomic mass is 16.2. The van der Waals surface area contributed by atoms with Crippen LogP contribution in [0.15, 0.2) is 36.4 Å². The number of hydrogen-bond donors (Lipinski definition) is 0. The number of carbonyl (C=O) groups is 1. The zero-order valence-corrected chi connectivity index (χ0v) is 15.1. The Bertz CT molecular complexity index is 758. The first kappa shape index (κ1) is 16.6. The highest BCUT2D eigenvalue weighted by Gasteiger charge is 2.23. The van der Waals surface area contributed by atoms with Gasteiger partial charge in [-0.2, -0.15) is 0 Å². The highest BCUT2D eigenvalue weighted by Crippen LogP contribution is 2.23. The molecule has 126 valence electrons. The Balaban J connectivity index is 1.68. The van der Waals surface area contributed by atoms with E-state index in [2.05, 4.69) is 50.8 Å². The van der Waals surface area contributed by atoms with Crippen LogP contribution >= 0.6 is 0 Å². The van der Waals surface area contributed by atoms with Crippen molar-refractivity contribution in [2.24, 2.45) is 0 Å². The Morgan fingerprint density at radius 3 is 2.12 bits per heavy atom. The summed E-state index contributed by atoms with van der Waals surface area (Å²) in [4.78, 5) is 17.1. The van der Waals surface area contributed by atoms with Gasteiger partial charge in [0.1, 0.15) is 0 Å². The van der Waals surface area contributed by atoms with Crippen molar-refractivity contribution in [1.29, 1.82) is 0 Å². The van der Waals surface area contributed by atoms with Gasteiger partial charge < -0.3 is 9.80 Å². The second-order valence-electron chi connectivity index (χ2n) is 6.87. The summed E-state index contributed by atoms with van der Waals surface area (Å²) in [5.41, 5.74) is 7.10. The zero-order chi connectivity index (χ0) is 17.3. The molecule has 2 aromatic rings. The highest BCUT2D eigenvalue weighted by molar-refractivity contribution is 5.94. The van der Waals surface area contributed by atoms with E-state index >= 15 is 0 Å². The normalized spacial score (nSPS) is 14.8. The first-order valence-corrected chi connectivity index (χ1v) is 8.64. The van der Waals surface area contributed by atoms with Gasteiger partial charge in [-0.1, -0.05) is 23.8 Å². The molecule has 2 aromatic carbocycles. The summed E-state index contributed by atoms with van der Waals surface area (Å²) < 4.78 is 0. The van der Waals surface area contributed by atoms with Crippen molar-refractivity contribution in [3.8, 4) is 0 Å². The fourth-order valence-electron chi connectivity index (χ4n) is 3.37. The van der Waals surface area contributed by atoms with E-state index < -0.39 is 0 Å². The summed E-state index contributed by atoms with van der Waals surface area (Å²) in [5.74, 6) is 0.151. The van der Waals surface area contributed by atoms with Crippen LogP contribution in [0.1, 0.15) is 32.6 Å². The van der Waals surface area contributed by atoms with E-state index in [0.29, 0.717) is 0 Å². The number of carbonyl (C=O) groups excluding carboxylic acids is 1. The third-order valence-corrected chi connectivity index (χ3v) is 5.01. The molecule has 1 aliphatic heterocycles. The average Bonchev–Trinajstić information content (AvgIpc) is 2.57. The maximum atomic E-state index is 12.7. The molecule has 0 radical (unpaired) electrons. The lowest BCUT2D eigenvalue weighted by Crippen LogP contribution is -2.49. The smallest absolute Gasteiger partial charge is 0.253 e. The standard InChI is InChI=1S/C21H26N2O/c1-15-5-8-20(18(4)13-15)22-9-11-23(12-10-22)21(24)19-7-6-16(2)17(3)14-19/h5-8,13-14H,9-12H2,1-4H3. The average molecular weight is 322 g/mol. The van der Waals surface area contributed by atoms with Gasteiger partial charge in [-0.25, -0.2) is 0 Å². The van der Waals surface area contributed by atoms with E-state index in [0.717, 1.165) is 31.7 Å². The Morgan fingerprint density at radius 2 is 1.50 bits per heavy atom. The van der Waals surface area contributed by atoms with Crippen molar-refractivity contribution in [3.05, 3.63) is 64.2 Å². The van der Waals surface area contributed by atoms with Crippen LogP contribution in [0.4, 0.5) is 5.69 Å². The number of hydrogen-bond acceptors (Lipinski definition) is 2. The molecular formula is C21H26N2O. The number of anilines is 1. The number of nitrogens with zero attached hydrogens (tertiary/aromatic N) is 2. The summed E-state index contributed by atoms with van der Waals surface area (Å²) >= 11 is 0. The lowest BCUT2D eigenvalue weighted by atomic mass is 10.0. The van der Waals surface area contributed by atoms with Crippen LogP contribution in [0.5, 0.6) is 0 Å². The Morgan fingerprint density at radius 1 is 0.792 bits per heavy atom. The zero-order valence-electron chi connectivity index (χ0n) is 15.1. The SMILES string of the molecule is Cc1ccc(N2CCN(C(=O)c3ccc(C)c(C)c3)CC2)c(C)c1. The second kappa shape index (κ2) is 6.68. The summed E-state index contributed by atoms with van der Waals surface area (Å²) in [6, 6.07) is 12.6. The second-order valence-corrected chi connectivity index (χ2v) is 6.87. The van der Waals surface area contributed by atoms with E-state index in [1.54, 1.807) is 0 Å². The Labute approximate surface area is 144 Å². The van der Waals surface area contributed by atoms with E-state index in [9.17, 15) is 4.79 Å². The summed E-state index contributed by atoms with van der Waals surface area (Å²) in [5, 5.41) is 0. The molecule has 24 heavy (non-hydrogen) atoms. The molecule has 0 saturated carbocycles. The molecule has 0 aliphatic carbocycles. The van der Waals surface area contributed by atoms with Gasteiger partial charge in [0.05, 0.1) is 0 Å². The van der Waals surface area contributed by atoms with Crippen LogP contribution in [0.25, 0.3) is 0 Å². The predicted octanol–water partition coefficient (Wildman–Crippen LogP) is 3.88. The van der Waals surface area contributed by atoms with Crippen LogP contribution in [0, 0.1) is 27.7 Å². The topological polar surface area (TPSA) is 23.6 Å². The molecule has 1 fully saturated rings. The molecule has 1 heterocycles. The first-order valence-electron chi connectivity index (χ1n) is 8.64. The van der Waals surface area contributed by atoms with E-state index in [-0.39, 0.29) is 5.91 Å². The van der Waals surface area contributed by atoms with Crippen LogP contribution < -0.4 is 4.90 Å². The maximum absolute atomic E-state index is 12.7. The Kier molecular flexibility index (Phi) is 4.61. The van der Waals surface area contributed by atoms with Crippen LogP contribution in [-0.2, 0) is 0 Å². The summed E-state index contributed by atoms with van der Waals surface area (Å²) in [7, 11) is 0. The van der Waals surface area contributed by atoms with Gasteiger partial charge in [-0.05, 0) is 62.6 Å². The van der Waals surface area contributed by atoms with Crippen molar-refractivity contribution in [1.82, 2.24) is 4.90 Å². The maximum Gasteiger partial charge on any atom is 0.253 e. The summed E-state index contributed by atoms with van der Waals surface area (Å²) in [6.07, 6.45) is 0. The lowest BCUT2D eigenvalue weighted by molar-refractivity contribution is 0.0746. The monoisotopic (exact) mass is 322 g/mol. The third-order valence-electron chi connectivity index (χ3n) is 5.01. The molecule has 3 nitrogen and oxygen atoms in total. The minimum atomic E-state index is 0.151. The number of aryl methyl sites for hydroxylation is 4. The quantitative estimate of drug-likeness (QED) is 0.837. The van der Waals surface area contributed by atoms with E-state index in [4.69, 9.17) is 0 Å². The van der Waals surface area contributed by atoms with Crippen LogP contribution in [0.3, 0.4) is 0 Å². The minimum Gasteiger partial charge on any atom is -0.368 e. The fraction of sp³-hybridized carbons (Fsp3) is 0.381. The third kappa shape index (κ3) is 3.30. The van der Waals surface area contributed by atoms with Gasteiger partial charge in [0.15, 0.2) is 0 Å². The number of amides is 1. The van der Waals surface area contributed by atoms with Crippen LogP contribution in [-0.4, -0.2) is 37.0 Å². The molecule has 3 rings (SSSR count). The minimum absolute atomic E-state index is 0.151. The van der Waals surface area contributed by atoms with E-state index in [1.807, 2.05) is 23.1 Å². The predicted molar refractivity (Wildman–Crippen MR) is 99.9 cm³/mol. The lowest BCUT2D eigenvalue weighted by Gasteiger charge is -2.37. The molecule has 0 bridgehead atoms. The van der Waals surface area contributed by atoms with Crippen molar-refractivity contribution in [3.63, 3.8) is 0 Å². The molecule has 0 unspecified atom stereocenters. The van der Waals surface area contributed by atoms with E-state index in [1.165, 1.54) is 27.9 Å². The Hall–Kier alpha value is -2.29. The molecule has 3 heteroatoms. The van der Waals surface area contributed by atoms with Gasteiger partial charge in [0.2, 0.25) is 0 Å². The van der Waals surface area contributed by atoms with Gasteiger partial charge in [0, 0.05) is 37.4 Å². The van der Waals surface area contributed by atoms with Crippen molar-refractivity contribution in [2.75, 3.05) is 31.1 Å². The molecule has 0 N–H and O–H groups in total.